The van der Waals surface area contributed by atoms with E-state index >= 15 is 0 Å². The molecule has 1 aromatic heterocycles. The standard InChI is InChI=1S/C14H12F3N5/c1-22(2)13-12(7-10(8-19-13)14(15,16)17)9-4-3-5-11(6-9)20-21-18/h3-8H,1-2H3. The van der Waals surface area contributed by atoms with Crippen LogP contribution in [-0.4, -0.2) is 19.1 Å². The molecule has 5 nitrogen and oxygen atoms in total. The molecule has 0 saturated heterocycles. The normalized spacial score (nSPS) is 11.0. The lowest BCUT2D eigenvalue weighted by Gasteiger charge is -2.18. The van der Waals surface area contributed by atoms with Crippen LogP contribution in [-0.2, 0) is 6.18 Å². The lowest BCUT2D eigenvalue weighted by Crippen LogP contribution is -2.14. The van der Waals surface area contributed by atoms with Crippen molar-refractivity contribution >= 4 is 11.5 Å². The van der Waals surface area contributed by atoms with E-state index in [0.29, 0.717) is 22.6 Å². The van der Waals surface area contributed by atoms with Gasteiger partial charge in [0, 0.05) is 36.5 Å². The number of halogens is 3. The highest BCUT2D eigenvalue weighted by molar-refractivity contribution is 5.78. The molecule has 0 unspecified atom stereocenters. The number of hydrogen-bond donors (Lipinski definition) is 0. The summed E-state index contributed by atoms with van der Waals surface area (Å²) in [5.74, 6) is 0.395. The molecule has 8 heteroatoms. The molecule has 1 aromatic carbocycles. The monoisotopic (exact) mass is 307 g/mol. The fourth-order valence-electron chi connectivity index (χ4n) is 1.97. The number of aromatic nitrogens is 1. The van der Waals surface area contributed by atoms with Crippen molar-refractivity contribution in [2.24, 2.45) is 5.11 Å². The van der Waals surface area contributed by atoms with Gasteiger partial charge in [-0.05, 0) is 23.2 Å². The average molecular weight is 307 g/mol. The summed E-state index contributed by atoms with van der Waals surface area (Å²) in [5.41, 5.74) is 8.76. The van der Waals surface area contributed by atoms with Gasteiger partial charge in [-0.3, -0.25) is 0 Å². The third kappa shape index (κ3) is 3.29. The molecule has 0 aliphatic carbocycles. The Balaban J connectivity index is 2.65. The Bertz CT molecular complexity index is 733. The van der Waals surface area contributed by atoms with Crippen LogP contribution in [0.5, 0.6) is 0 Å². The van der Waals surface area contributed by atoms with E-state index < -0.39 is 11.7 Å². The Morgan fingerprint density at radius 2 is 1.95 bits per heavy atom. The molecule has 22 heavy (non-hydrogen) atoms. The third-order valence-electron chi connectivity index (χ3n) is 2.93. The molecule has 2 aromatic rings. The van der Waals surface area contributed by atoms with Gasteiger partial charge in [-0.2, -0.15) is 13.2 Å². The van der Waals surface area contributed by atoms with Crippen molar-refractivity contribution in [3.8, 4) is 11.1 Å². The number of pyridine rings is 1. The molecule has 2 rings (SSSR count). The van der Waals surface area contributed by atoms with Gasteiger partial charge in [0.2, 0.25) is 0 Å². The van der Waals surface area contributed by atoms with Gasteiger partial charge >= 0.3 is 6.18 Å². The molecule has 114 valence electrons. The number of alkyl halides is 3. The molecule has 0 amide bonds. The first-order valence-corrected chi connectivity index (χ1v) is 6.23. The fourth-order valence-corrected chi connectivity index (χ4v) is 1.97. The Morgan fingerprint density at radius 3 is 2.55 bits per heavy atom. The van der Waals surface area contributed by atoms with Crippen LogP contribution in [0.3, 0.4) is 0 Å². The maximum absolute atomic E-state index is 12.9. The van der Waals surface area contributed by atoms with E-state index in [1.165, 1.54) is 6.07 Å². The summed E-state index contributed by atoms with van der Waals surface area (Å²) in [5, 5.41) is 3.46. The molecule has 0 spiro atoms. The second kappa shape index (κ2) is 5.95. The summed E-state index contributed by atoms with van der Waals surface area (Å²) < 4.78 is 38.7. The zero-order valence-electron chi connectivity index (χ0n) is 11.8. The van der Waals surface area contributed by atoms with Gasteiger partial charge in [0.25, 0.3) is 0 Å². The minimum Gasteiger partial charge on any atom is -0.362 e. The van der Waals surface area contributed by atoms with Gasteiger partial charge in [0.05, 0.1) is 5.56 Å². The third-order valence-corrected chi connectivity index (χ3v) is 2.93. The lowest BCUT2D eigenvalue weighted by molar-refractivity contribution is -0.137. The van der Waals surface area contributed by atoms with Crippen LogP contribution in [0.2, 0.25) is 0 Å². The summed E-state index contributed by atoms with van der Waals surface area (Å²) >= 11 is 0. The number of nitrogens with zero attached hydrogens (tertiary/aromatic N) is 5. The van der Waals surface area contributed by atoms with E-state index in [0.717, 1.165) is 12.3 Å². The molecular formula is C14H12F3N5. The number of rotatable bonds is 3. The van der Waals surface area contributed by atoms with Crippen molar-refractivity contribution in [2.45, 2.75) is 6.18 Å². The summed E-state index contributed by atoms with van der Waals surface area (Å²) in [7, 11) is 3.38. The minimum absolute atomic E-state index is 0.315. The topological polar surface area (TPSA) is 64.9 Å². The zero-order valence-corrected chi connectivity index (χ0v) is 11.8. The fraction of sp³-hybridized carbons (Fsp3) is 0.214. The maximum Gasteiger partial charge on any atom is 0.417 e. The summed E-state index contributed by atoms with van der Waals surface area (Å²) in [6.45, 7) is 0. The molecule has 1 heterocycles. The Morgan fingerprint density at radius 1 is 1.23 bits per heavy atom. The van der Waals surface area contributed by atoms with Gasteiger partial charge in [-0.15, -0.1) is 0 Å². The van der Waals surface area contributed by atoms with E-state index in [9.17, 15) is 13.2 Å². The van der Waals surface area contributed by atoms with Crippen LogP contribution in [0.1, 0.15) is 5.56 Å². The van der Waals surface area contributed by atoms with Crippen LogP contribution in [0.25, 0.3) is 21.6 Å². The first-order chi connectivity index (χ1) is 10.3. The van der Waals surface area contributed by atoms with Crippen molar-refractivity contribution in [3.63, 3.8) is 0 Å². The van der Waals surface area contributed by atoms with Crippen LogP contribution >= 0.6 is 0 Å². The number of benzene rings is 1. The molecule has 0 fully saturated rings. The van der Waals surface area contributed by atoms with Gasteiger partial charge in [-0.1, -0.05) is 23.3 Å². The molecule has 0 aliphatic heterocycles. The van der Waals surface area contributed by atoms with Gasteiger partial charge in [0.15, 0.2) is 0 Å². The highest BCUT2D eigenvalue weighted by Gasteiger charge is 2.32. The summed E-state index contributed by atoms with van der Waals surface area (Å²) in [6.07, 6.45) is -3.68. The predicted octanol–water partition coefficient (Wildman–Crippen LogP) is 4.78. The van der Waals surface area contributed by atoms with Crippen LogP contribution in [0.4, 0.5) is 24.7 Å². The molecule has 0 atom stereocenters. The first-order valence-electron chi connectivity index (χ1n) is 6.23. The highest BCUT2D eigenvalue weighted by Crippen LogP contribution is 2.36. The average Bonchev–Trinajstić information content (AvgIpc) is 2.46. The zero-order chi connectivity index (χ0) is 16.3. The van der Waals surface area contributed by atoms with E-state index in [4.69, 9.17) is 5.53 Å². The van der Waals surface area contributed by atoms with E-state index in [1.54, 1.807) is 37.2 Å². The second-order valence-corrected chi connectivity index (χ2v) is 4.73. The lowest BCUT2D eigenvalue weighted by atomic mass is 10.0. The Hall–Kier alpha value is -2.73. The van der Waals surface area contributed by atoms with Crippen molar-refractivity contribution in [1.82, 2.24) is 4.98 Å². The van der Waals surface area contributed by atoms with E-state index in [1.807, 2.05) is 0 Å². The second-order valence-electron chi connectivity index (χ2n) is 4.73. The van der Waals surface area contributed by atoms with Crippen LogP contribution in [0, 0.1) is 0 Å². The van der Waals surface area contributed by atoms with Crippen molar-refractivity contribution in [2.75, 3.05) is 19.0 Å². The Labute approximate surface area is 124 Å². The number of anilines is 1. The van der Waals surface area contributed by atoms with Gasteiger partial charge in [0.1, 0.15) is 5.82 Å². The van der Waals surface area contributed by atoms with E-state index in [2.05, 4.69) is 15.0 Å². The molecule has 0 saturated carbocycles. The quantitative estimate of drug-likeness (QED) is 0.465. The molecule has 0 N–H and O–H groups in total. The van der Waals surface area contributed by atoms with Gasteiger partial charge < -0.3 is 4.90 Å². The predicted molar refractivity (Wildman–Crippen MR) is 77.8 cm³/mol. The molecule has 0 bridgehead atoms. The number of azide groups is 1. The molecular weight excluding hydrogens is 295 g/mol. The minimum atomic E-state index is -4.48. The van der Waals surface area contributed by atoms with E-state index in [-0.39, 0.29) is 0 Å². The molecule has 0 aliphatic rings. The molecule has 0 radical (unpaired) electrons. The van der Waals surface area contributed by atoms with Crippen LogP contribution in [0.15, 0.2) is 41.6 Å². The van der Waals surface area contributed by atoms with Gasteiger partial charge in [-0.25, -0.2) is 4.98 Å². The van der Waals surface area contributed by atoms with Crippen molar-refractivity contribution < 1.29 is 13.2 Å². The first kappa shape index (κ1) is 15.7. The van der Waals surface area contributed by atoms with Crippen LogP contribution < -0.4 is 4.90 Å². The van der Waals surface area contributed by atoms with Crippen molar-refractivity contribution in [1.29, 1.82) is 0 Å². The summed E-state index contributed by atoms with van der Waals surface area (Å²) in [6, 6.07) is 7.38. The maximum atomic E-state index is 12.9. The summed E-state index contributed by atoms with van der Waals surface area (Å²) in [4.78, 5) is 8.19. The Kier molecular flexibility index (Phi) is 4.23. The smallest absolute Gasteiger partial charge is 0.362 e. The largest absolute Gasteiger partial charge is 0.417 e. The number of hydrogen-bond acceptors (Lipinski definition) is 3. The SMILES string of the molecule is CN(C)c1ncc(C(F)(F)F)cc1-c1cccc(N=[N+]=[N-])c1. The van der Waals surface area contributed by atoms with Crippen molar-refractivity contribution in [3.05, 3.63) is 52.5 Å². The highest BCUT2D eigenvalue weighted by atomic mass is 19.4.